The van der Waals surface area contributed by atoms with Gasteiger partial charge in [0.05, 0.1) is 11.0 Å². The second-order valence-electron chi connectivity index (χ2n) is 5.36. The van der Waals surface area contributed by atoms with Crippen LogP contribution in [0.1, 0.15) is 6.92 Å². The third kappa shape index (κ3) is 2.79. The minimum absolute atomic E-state index is 0.0192. The Morgan fingerprint density at radius 2 is 1.92 bits per heavy atom. The monoisotopic (exact) mass is 383 g/mol. The van der Waals surface area contributed by atoms with Gasteiger partial charge in [-0.2, -0.15) is 0 Å². The van der Waals surface area contributed by atoms with Crippen molar-refractivity contribution in [3.63, 3.8) is 0 Å². The molecule has 0 saturated carbocycles. The summed E-state index contributed by atoms with van der Waals surface area (Å²) in [6, 6.07) is 6.54. The number of rotatable bonds is 3. The second-order valence-corrected chi connectivity index (χ2v) is 7.06. The summed E-state index contributed by atoms with van der Waals surface area (Å²) in [6.07, 6.45) is -3.65. The van der Waals surface area contributed by atoms with Gasteiger partial charge in [0.1, 0.15) is 10.8 Å². The van der Waals surface area contributed by atoms with E-state index in [4.69, 9.17) is 11.6 Å². The van der Waals surface area contributed by atoms with E-state index >= 15 is 0 Å². The van der Waals surface area contributed by atoms with E-state index in [-0.39, 0.29) is 11.5 Å². The molecule has 5 nitrogen and oxygen atoms in total. The summed E-state index contributed by atoms with van der Waals surface area (Å²) in [7, 11) is 1.79. The number of fused-ring (bicyclic) bond motifs is 2. The summed E-state index contributed by atoms with van der Waals surface area (Å²) in [5.41, 5.74) is 1.78. The fourth-order valence-corrected chi connectivity index (χ4v) is 3.60. The molecule has 9 heteroatoms. The first-order chi connectivity index (χ1) is 11.9. The molecule has 0 N–H and O–H groups in total. The number of imidazole rings is 1. The molecule has 1 aliphatic rings. The number of thioether (sulfide) groups is 1. The summed E-state index contributed by atoms with van der Waals surface area (Å²) in [5.74, 6) is 1.40. The molecule has 1 aromatic carbocycles. The predicted molar refractivity (Wildman–Crippen MR) is 91.6 cm³/mol. The summed E-state index contributed by atoms with van der Waals surface area (Å²) in [4.78, 5) is 9.88. The van der Waals surface area contributed by atoms with Gasteiger partial charge >= 0.3 is 6.29 Å². The SMILES string of the molecule is CCSc1ccc(Cl)nc1-c1nc2cc3c(cc2n1C)OC(F)(F)O3. The fraction of sp³-hybridized carbons (Fsp3) is 0.250. The van der Waals surface area contributed by atoms with Gasteiger partial charge in [0.25, 0.3) is 0 Å². The fourth-order valence-electron chi connectivity index (χ4n) is 2.70. The molecule has 1 aliphatic heterocycles. The van der Waals surface area contributed by atoms with Crippen molar-refractivity contribution in [3.8, 4) is 23.0 Å². The first-order valence-corrected chi connectivity index (χ1v) is 8.80. The van der Waals surface area contributed by atoms with E-state index in [0.29, 0.717) is 27.7 Å². The van der Waals surface area contributed by atoms with Crippen LogP contribution in [-0.4, -0.2) is 26.6 Å². The van der Waals surface area contributed by atoms with Crippen LogP contribution >= 0.6 is 23.4 Å². The molecule has 4 rings (SSSR count). The van der Waals surface area contributed by atoms with Crippen LogP contribution in [0.15, 0.2) is 29.2 Å². The molecule has 2 aromatic heterocycles. The van der Waals surface area contributed by atoms with Crippen molar-refractivity contribution in [2.24, 2.45) is 7.05 Å². The van der Waals surface area contributed by atoms with Crippen molar-refractivity contribution in [1.29, 1.82) is 0 Å². The van der Waals surface area contributed by atoms with Crippen LogP contribution in [0.25, 0.3) is 22.6 Å². The summed E-state index contributed by atoms with van der Waals surface area (Å²) >= 11 is 7.67. The number of ether oxygens (including phenoxy) is 2. The Labute approximate surface area is 150 Å². The topological polar surface area (TPSA) is 49.2 Å². The third-order valence-corrected chi connectivity index (χ3v) is 4.88. The maximum atomic E-state index is 13.2. The van der Waals surface area contributed by atoms with Gasteiger partial charge in [-0.1, -0.05) is 18.5 Å². The van der Waals surface area contributed by atoms with Crippen LogP contribution in [0.3, 0.4) is 0 Å². The average Bonchev–Trinajstić information content (AvgIpc) is 3.02. The lowest BCUT2D eigenvalue weighted by Gasteiger charge is -2.08. The Hall–Kier alpha value is -2.06. The number of aryl methyl sites for hydroxylation is 1. The summed E-state index contributed by atoms with van der Waals surface area (Å²) < 4.78 is 37.2. The minimum Gasteiger partial charge on any atom is -0.395 e. The first-order valence-electron chi connectivity index (χ1n) is 7.44. The highest BCUT2D eigenvalue weighted by Gasteiger charge is 2.43. The Balaban J connectivity index is 1.88. The van der Waals surface area contributed by atoms with Gasteiger partial charge in [-0.15, -0.1) is 20.5 Å². The lowest BCUT2D eigenvalue weighted by atomic mass is 10.3. The normalized spacial score (nSPS) is 15.1. The van der Waals surface area contributed by atoms with Gasteiger partial charge in [0, 0.05) is 24.1 Å². The van der Waals surface area contributed by atoms with Crippen LogP contribution in [0.4, 0.5) is 8.78 Å². The molecule has 0 radical (unpaired) electrons. The van der Waals surface area contributed by atoms with Crippen LogP contribution in [0.2, 0.25) is 5.15 Å². The number of aromatic nitrogens is 3. The Bertz CT molecular complexity index is 993. The van der Waals surface area contributed by atoms with E-state index in [1.54, 1.807) is 29.4 Å². The van der Waals surface area contributed by atoms with E-state index < -0.39 is 6.29 Å². The Morgan fingerprint density at radius 3 is 2.64 bits per heavy atom. The molecule has 0 atom stereocenters. The standard InChI is InChI=1S/C16H12ClF2N3O2S/c1-3-25-12-4-5-13(17)21-14(12)15-20-8-6-10-11(7-9(8)22(15)2)24-16(18,19)23-10/h4-7H,3H2,1-2H3. The molecule has 0 bridgehead atoms. The number of benzene rings is 1. The smallest absolute Gasteiger partial charge is 0.395 e. The van der Waals surface area contributed by atoms with E-state index in [1.807, 2.05) is 13.0 Å². The zero-order chi connectivity index (χ0) is 17.8. The number of hydrogen-bond acceptors (Lipinski definition) is 5. The highest BCUT2D eigenvalue weighted by atomic mass is 35.5. The van der Waals surface area contributed by atoms with Crippen molar-refractivity contribution in [1.82, 2.24) is 14.5 Å². The molecule has 3 aromatic rings. The van der Waals surface area contributed by atoms with Crippen molar-refractivity contribution < 1.29 is 18.3 Å². The lowest BCUT2D eigenvalue weighted by molar-refractivity contribution is -0.286. The molecule has 25 heavy (non-hydrogen) atoms. The van der Waals surface area contributed by atoms with Gasteiger partial charge < -0.3 is 14.0 Å². The van der Waals surface area contributed by atoms with Gasteiger partial charge in [-0.25, -0.2) is 9.97 Å². The van der Waals surface area contributed by atoms with Crippen molar-refractivity contribution in [2.45, 2.75) is 18.1 Å². The van der Waals surface area contributed by atoms with Crippen molar-refractivity contribution in [2.75, 3.05) is 5.75 Å². The molecule has 0 fully saturated rings. The highest BCUT2D eigenvalue weighted by molar-refractivity contribution is 7.99. The van der Waals surface area contributed by atoms with Gasteiger partial charge in [0.2, 0.25) is 0 Å². The Kier molecular flexibility index (Phi) is 3.77. The van der Waals surface area contributed by atoms with Crippen LogP contribution in [0.5, 0.6) is 11.5 Å². The molecular formula is C16H12ClF2N3O2S. The van der Waals surface area contributed by atoms with Gasteiger partial charge in [0.15, 0.2) is 17.3 Å². The lowest BCUT2D eigenvalue weighted by Crippen LogP contribution is -2.25. The number of nitrogens with zero attached hydrogens (tertiary/aromatic N) is 3. The minimum atomic E-state index is -3.65. The van der Waals surface area contributed by atoms with E-state index in [1.165, 1.54) is 12.1 Å². The molecule has 3 heterocycles. The van der Waals surface area contributed by atoms with Crippen LogP contribution in [0, 0.1) is 0 Å². The molecule has 0 aliphatic carbocycles. The summed E-state index contributed by atoms with van der Waals surface area (Å²) in [6.45, 7) is 2.04. The molecule has 0 unspecified atom stereocenters. The largest absolute Gasteiger partial charge is 0.586 e. The van der Waals surface area contributed by atoms with Gasteiger partial charge in [-0.05, 0) is 17.9 Å². The van der Waals surface area contributed by atoms with Crippen LogP contribution in [-0.2, 0) is 7.05 Å². The number of hydrogen-bond donors (Lipinski definition) is 0. The molecule has 130 valence electrons. The zero-order valence-electron chi connectivity index (χ0n) is 13.2. The van der Waals surface area contributed by atoms with E-state index in [0.717, 1.165) is 10.6 Å². The summed E-state index contributed by atoms with van der Waals surface area (Å²) in [5, 5.41) is 0.358. The van der Waals surface area contributed by atoms with Crippen LogP contribution < -0.4 is 9.47 Å². The molecular weight excluding hydrogens is 372 g/mol. The Morgan fingerprint density at radius 1 is 1.20 bits per heavy atom. The maximum Gasteiger partial charge on any atom is 0.586 e. The maximum absolute atomic E-state index is 13.2. The molecule has 0 spiro atoms. The third-order valence-electron chi connectivity index (χ3n) is 3.74. The second kappa shape index (κ2) is 5.74. The van der Waals surface area contributed by atoms with E-state index in [2.05, 4.69) is 19.4 Å². The molecule has 0 saturated heterocycles. The predicted octanol–water partition coefficient (Wildman–Crippen LogP) is 4.72. The number of halogens is 3. The van der Waals surface area contributed by atoms with Crippen molar-refractivity contribution >= 4 is 34.4 Å². The zero-order valence-corrected chi connectivity index (χ0v) is 14.8. The number of pyridine rings is 1. The highest BCUT2D eigenvalue weighted by Crippen LogP contribution is 2.44. The number of alkyl halides is 2. The van der Waals surface area contributed by atoms with Crippen molar-refractivity contribution in [3.05, 3.63) is 29.4 Å². The van der Waals surface area contributed by atoms with E-state index in [9.17, 15) is 8.78 Å². The quantitative estimate of drug-likeness (QED) is 0.483. The first kappa shape index (κ1) is 16.4. The average molecular weight is 384 g/mol. The van der Waals surface area contributed by atoms with Gasteiger partial charge in [-0.3, -0.25) is 0 Å². The molecule has 0 amide bonds.